The highest BCUT2D eigenvalue weighted by Crippen LogP contribution is 2.37. The molecule has 2 aliphatic rings. The smallest absolute Gasteiger partial charge is 0.410 e. The summed E-state index contributed by atoms with van der Waals surface area (Å²) in [7, 11) is 0. The van der Waals surface area contributed by atoms with Gasteiger partial charge < -0.3 is 14.7 Å². The zero-order valence-electron chi connectivity index (χ0n) is 10.3. The van der Waals surface area contributed by atoms with E-state index in [0.29, 0.717) is 13.1 Å². The number of piperidine rings is 1. The minimum atomic E-state index is -0.438. The number of amides is 1. The maximum atomic E-state index is 11.9. The van der Waals surface area contributed by atoms with Crippen molar-refractivity contribution in [3.05, 3.63) is 0 Å². The van der Waals surface area contributed by atoms with Crippen LogP contribution in [0.2, 0.25) is 0 Å². The monoisotopic (exact) mass is 227 g/mol. The molecule has 2 bridgehead atoms. The van der Waals surface area contributed by atoms with Crippen molar-refractivity contribution in [2.24, 2.45) is 11.8 Å². The number of nitrogens with zero attached hydrogens (tertiary/aromatic N) is 1. The Labute approximate surface area is 96.6 Å². The molecule has 1 amide bonds. The fourth-order valence-corrected chi connectivity index (χ4v) is 2.67. The van der Waals surface area contributed by atoms with E-state index in [9.17, 15) is 9.90 Å². The zero-order valence-corrected chi connectivity index (χ0v) is 10.3. The van der Waals surface area contributed by atoms with Gasteiger partial charge in [-0.15, -0.1) is 0 Å². The van der Waals surface area contributed by atoms with Crippen LogP contribution in [0.15, 0.2) is 0 Å². The van der Waals surface area contributed by atoms with E-state index in [1.165, 1.54) is 0 Å². The fourth-order valence-electron chi connectivity index (χ4n) is 2.67. The summed E-state index contributed by atoms with van der Waals surface area (Å²) in [6.45, 7) is 6.91. The lowest BCUT2D eigenvalue weighted by atomic mass is 9.95. The number of likely N-dealkylation sites (tertiary alicyclic amines) is 1. The molecule has 92 valence electrons. The Morgan fingerprint density at radius 2 is 1.75 bits per heavy atom. The second-order valence-corrected chi connectivity index (χ2v) is 5.97. The third kappa shape index (κ3) is 2.32. The van der Waals surface area contributed by atoms with E-state index in [2.05, 4.69) is 0 Å². The first-order valence-electron chi connectivity index (χ1n) is 6.03. The van der Waals surface area contributed by atoms with Gasteiger partial charge in [-0.2, -0.15) is 0 Å². The summed E-state index contributed by atoms with van der Waals surface area (Å²) in [4.78, 5) is 13.6. The summed E-state index contributed by atoms with van der Waals surface area (Å²) in [5.41, 5.74) is -0.438. The van der Waals surface area contributed by atoms with E-state index >= 15 is 0 Å². The maximum Gasteiger partial charge on any atom is 0.410 e. The number of aliphatic hydroxyl groups is 1. The molecule has 4 nitrogen and oxygen atoms in total. The number of carbonyl (C=O) groups is 1. The van der Waals surface area contributed by atoms with E-state index in [4.69, 9.17) is 4.74 Å². The average molecular weight is 227 g/mol. The highest BCUT2D eigenvalue weighted by Gasteiger charge is 2.43. The number of fused-ring (bicyclic) bond motifs is 2. The van der Waals surface area contributed by atoms with Crippen LogP contribution in [0.3, 0.4) is 0 Å². The number of carbonyl (C=O) groups excluding carboxylic acids is 1. The molecule has 1 aliphatic carbocycles. The van der Waals surface area contributed by atoms with Crippen LogP contribution in [0.5, 0.6) is 0 Å². The molecule has 0 radical (unpaired) electrons. The van der Waals surface area contributed by atoms with E-state index in [1.54, 1.807) is 4.90 Å². The van der Waals surface area contributed by atoms with E-state index in [-0.39, 0.29) is 24.0 Å². The normalized spacial score (nSPS) is 34.0. The van der Waals surface area contributed by atoms with Crippen LogP contribution >= 0.6 is 0 Å². The summed E-state index contributed by atoms with van der Waals surface area (Å²) in [6.07, 6.45) is 1.62. The van der Waals surface area contributed by atoms with Crippen LogP contribution in [-0.4, -0.2) is 40.9 Å². The standard InChI is InChI=1S/C12H21NO3/c1-12(2,3)16-11(15)13-6-8-4-5-9(7-13)10(8)14/h8-10,14H,4-7H2,1-3H3/t8-,9-/m1/s1. The van der Waals surface area contributed by atoms with Gasteiger partial charge in [-0.3, -0.25) is 0 Å². The molecule has 1 saturated heterocycles. The van der Waals surface area contributed by atoms with Crippen molar-refractivity contribution in [2.45, 2.75) is 45.3 Å². The summed E-state index contributed by atoms with van der Waals surface area (Å²) in [5.74, 6) is 0.512. The number of hydrogen-bond donors (Lipinski definition) is 1. The molecule has 1 N–H and O–H groups in total. The molecule has 2 rings (SSSR count). The van der Waals surface area contributed by atoms with Gasteiger partial charge in [-0.25, -0.2) is 4.79 Å². The average Bonchev–Trinajstić information content (AvgIpc) is 2.38. The van der Waals surface area contributed by atoms with Crippen molar-refractivity contribution >= 4 is 6.09 Å². The molecule has 0 aromatic carbocycles. The van der Waals surface area contributed by atoms with Gasteiger partial charge in [-0.05, 0) is 33.6 Å². The lowest BCUT2D eigenvalue weighted by Crippen LogP contribution is -2.48. The number of ether oxygens (including phenoxy) is 1. The Bertz CT molecular complexity index is 270. The first-order chi connectivity index (χ1) is 7.37. The summed E-state index contributed by atoms with van der Waals surface area (Å²) >= 11 is 0. The topological polar surface area (TPSA) is 49.8 Å². The van der Waals surface area contributed by atoms with Crippen molar-refractivity contribution in [1.82, 2.24) is 4.90 Å². The molecule has 16 heavy (non-hydrogen) atoms. The Morgan fingerprint density at radius 3 is 2.19 bits per heavy atom. The third-order valence-corrected chi connectivity index (χ3v) is 3.44. The summed E-state index contributed by atoms with van der Waals surface area (Å²) in [6, 6.07) is 0. The first-order valence-corrected chi connectivity index (χ1v) is 6.03. The van der Waals surface area contributed by atoms with Crippen LogP contribution < -0.4 is 0 Å². The molecular weight excluding hydrogens is 206 g/mol. The van der Waals surface area contributed by atoms with E-state index < -0.39 is 5.60 Å². The molecule has 1 saturated carbocycles. The molecule has 2 atom stereocenters. The van der Waals surface area contributed by atoms with Gasteiger partial charge in [0.05, 0.1) is 6.10 Å². The summed E-state index contributed by atoms with van der Waals surface area (Å²) < 4.78 is 5.34. The van der Waals surface area contributed by atoms with Gasteiger partial charge in [0.25, 0.3) is 0 Å². The van der Waals surface area contributed by atoms with Crippen molar-refractivity contribution in [3.8, 4) is 0 Å². The molecule has 1 aliphatic heterocycles. The van der Waals surface area contributed by atoms with Gasteiger partial charge in [-0.1, -0.05) is 0 Å². The SMILES string of the molecule is CC(C)(C)OC(=O)N1C[C@H]2CC[C@H](C1)C2O. The lowest BCUT2D eigenvalue weighted by Gasteiger charge is -2.36. The first kappa shape index (κ1) is 11.7. The number of hydrogen-bond acceptors (Lipinski definition) is 3. The summed E-state index contributed by atoms with van der Waals surface area (Å²) in [5, 5.41) is 9.86. The predicted octanol–water partition coefficient (Wildman–Crippen LogP) is 1.62. The molecule has 0 aromatic rings. The molecule has 0 unspecified atom stereocenters. The van der Waals surface area contributed by atoms with Gasteiger partial charge >= 0.3 is 6.09 Å². The van der Waals surface area contributed by atoms with Crippen molar-refractivity contribution in [2.75, 3.05) is 13.1 Å². The van der Waals surface area contributed by atoms with Crippen LogP contribution in [0.4, 0.5) is 4.79 Å². The quantitative estimate of drug-likeness (QED) is 0.684. The lowest BCUT2D eigenvalue weighted by molar-refractivity contribution is -0.0134. The second-order valence-electron chi connectivity index (χ2n) is 5.97. The van der Waals surface area contributed by atoms with Crippen LogP contribution in [-0.2, 0) is 4.74 Å². The Morgan fingerprint density at radius 1 is 1.25 bits per heavy atom. The molecular formula is C12H21NO3. The predicted molar refractivity (Wildman–Crippen MR) is 60.0 cm³/mol. The van der Waals surface area contributed by atoms with Gasteiger partial charge in [0, 0.05) is 24.9 Å². The van der Waals surface area contributed by atoms with Crippen LogP contribution in [0.25, 0.3) is 0 Å². The molecule has 0 spiro atoms. The molecule has 2 fully saturated rings. The van der Waals surface area contributed by atoms with Gasteiger partial charge in [0.1, 0.15) is 5.60 Å². The number of rotatable bonds is 0. The van der Waals surface area contributed by atoms with Crippen LogP contribution in [0, 0.1) is 11.8 Å². The third-order valence-electron chi connectivity index (χ3n) is 3.44. The van der Waals surface area contributed by atoms with E-state index in [1.807, 2.05) is 20.8 Å². The molecule has 4 heteroatoms. The zero-order chi connectivity index (χ0) is 11.9. The van der Waals surface area contributed by atoms with Crippen LogP contribution in [0.1, 0.15) is 33.6 Å². The van der Waals surface area contributed by atoms with Gasteiger partial charge in [0.15, 0.2) is 0 Å². The highest BCUT2D eigenvalue weighted by molar-refractivity contribution is 5.68. The number of aliphatic hydroxyl groups excluding tert-OH is 1. The second kappa shape index (κ2) is 3.91. The molecule has 1 heterocycles. The van der Waals surface area contributed by atoms with Crippen molar-refractivity contribution in [1.29, 1.82) is 0 Å². The van der Waals surface area contributed by atoms with Crippen molar-refractivity contribution in [3.63, 3.8) is 0 Å². The van der Waals surface area contributed by atoms with Crippen molar-refractivity contribution < 1.29 is 14.6 Å². The largest absolute Gasteiger partial charge is 0.444 e. The molecule has 0 aromatic heterocycles. The van der Waals surface area contributed by atoms with Gasteiger partial charge in [0.2, 0.25) is 0 Å². The van der Waals surface area contributed by atoms with E-state index in [0.717, 1.165) is 12.8 Å². The maximum absolute atomic E-state index is 11.9. The fraction of sp³-hybridized carbons (Fsp3) is 0.917. The Balaban J connectivity index is 1.95. The minimum Gasteiger partial charge on any atom is -0.444 e. The Kier molecular flexibility index (Phi) is 2.86. The minimum absolute atomic E-state index is 0.210. The Hall–Kier alpha value is -0.770. The highest BCUT2D eigenvalue weighted by atomic mass is 16.6.